The van der Waals surface area contributed by atoms with Gasteiger partial charge >= 0.3 is 5.97 Å². The van der Waals surface area contributed by atoms with Crippen LogP contribution >= 0.6 is 0 Å². The van der Waals surface area contributed by atoms with Gasteiger partial charge in [-0.15, -0.1) is 0 Å². The summed E-state index contributed by atoms with van der Waals surface area (Å²) in [6.07, 6.45) is 5.84. The Kier molecular flexibility index (Phi) is 4.68. The number of esters is 1. The Bertz CT molecular complexity index is 439. The molecule has 0 bridgehead atoms. The van der Waals surface area contributed by atoms with Gasteiger partial charge in [-0.05, 0) is 18.9 Å². The lowest BCUT2D eigenvalue weighted by Gasteiger charge is -2.31. The summed E-state index contributed by atoms with van der Waals surface area (Å²) < 4.78 is 4.59. The zero-order valence-electron chi connectivity index (χ0n) is 11.0. The molecule has 1 aromatic rings. The van der Waals surface area contributed by atoms with Crippen molar-refractivity contribution in [3.8, 4) is 0 Å². The van der Waals surface area contributed by atoms with Gasteiger partial charge in [0.1, 0.15) is 5.82 Å². The van der Waals surface area contributed by atoms with Gasteiger partial charge in [-0.2, -0.15) is 0 Å². The van der Waals surface area contributed by atoms with Gasteiger partial charge in [-0.3, -0.25) is 0 Å². The summed E-state index contributed by atoms with van der Waals surface area (Å²) in [5.74, 6) is 0.334. The standard InChI is InChI=1S/C13H19N3O3/c1-19-13(18)12-14-7-6-11(16-12)15-10-5-3-2-4-9(10)8-17/h6-7,9-10,17H,2-5,8H2,1H3,(H,14,15,16). The van der Waals surface area contributed by atoms with Crippen LogP contribution in [0.5, 0.6) is 0 Å². The maximum absolute atomic E-state index is 11.4. The van der Waals surface area contributed by atoms with Crippen LogP contribution in [0.2, 0.25) is 0 Å². The third-order valence-corrected chi connectivity index (χ3v) is 3.50. The molecule has 2 unspecified atom stereocenters. The number of carbonyl (C=O) groups is 1. The molecule has 0 amide bonds. The van der Waals surface area contributed by atoms with Gasteiger partial charge in [0.05, 0.1) is 7.11 Å². The summed E-state index contributed by atoms with van der Waals surface area (Å²) in [6, 6.07) is 1.91. The smallest absolute Gasteiger partial charge is 0.376 e. The topological polar surface area (TPSA) is 84.3 Å². The molecule has 1 fully saturated rings. The molecule has 0 spiro atoms. The molecular weight excluding hydrogens is 246 g/mol. The number of aliphatic hydroxyl groups excluding tert-OH is 1. The summed E-state index contributed by atoms with van der Waals surface area (Å²) in [6.45, 7) is 0.173. The Morgan fingerprint density at radius 3 is 3.05 bits per heavy atom. The lowest BCUT2D eigenvalue weighted by Crippen LogP contribution is -2.34. The highest BCUT2D eigenvalue weighted by atomic mass is 16.5. The van der Waals surface area contributed by atoms with Crippen LogP contribution < -0.4 is 5.32 Å². The number of aliphatic hydroxyl groups is 1. The highest BCUT2D eigenvalue weighted by Gasteiger charge is 2.24. The second-order valence-electron chi connectivity index (χ2n) is 4.74. The molecule has 19 heavy (non-hydrogen) atoms. The number of hydrogen-bond acceptors (Lipinski definition) is 6. The SMILES string of the molecule is COC(=O)c1nccc(NC2CCCCC2CO)n1. The molecule has 1 saturated carbocycles. The van der Waals surface area contributed by atoms with E-state index in [1.165, 1.54) is 13.3 Å². The maximum atomic E-state index is 11.4. The van der Waals surface area contributed by atoms with Crippen molar-refractivity contribution in [3.05, 3.63) is 18.1 Å². The van der Waals surface area contributed by atoms with Crippen molar-refractivity contribution in [2.24, 2.45) is 5.92 Å². The summed E-state index contributed by atoms with van der Waals surface area (Å²) in [4.78, 5) is 19.4. The van der Waals surface area contributed by atoms with E-state index in [0.717, 1.165) is 25.7 Å². The normalized spacial score (nSPS) is 22.8. The summed E-state index contributed by atoms with van der Waals surface area (Å²) >= 11 is 0. The van der Waals surface area contributed by atoms with Crippen LogP contribution in [-0.4, -0.2) is 40.8 Å². The molecule has 6 nitrogen and oxygen atoms in total. The van der Waals surface area contributed by atoms with Crippen LogP contribution in [0.25, 0.3) is 0 Å². The number of methoxy groups -OCH3 is 1. The van der Waals surface area contributed by atoms with E-state index in [1.807, 2.05) is 0 Å². The van der Waals surface area contributed by atoms with Crippen molar-refractivity contribution >= 4 is 11.8 Å². The molecule has 104 valence electrons. The van der Waals surface area contributed by atoms with E-state index in [9.17, 15) is 9.90 Å². The van der Waals surface area contributed by atoms with E-state index in [1.54, 1.807) is 6.07 Å². The Morgan fingerprint density at radius 2 is 2.32 bits per heavy atom. The van der Waals surface area contributed by atoms with Gasteiger partial charge in [0.25, 0.3) is 0 Å². The average molecular weight is 265 g/mol. The van der Waals surface area contributed by atoms with Crippen LogP contribution in [0.1, 0.15) is 36.3 Å². The molecule has 0 saturated heterocycles. The molecule has 2 N–H and O–H groups in total. The maximum Gasteiger partial charge on any atom is 0.376 e. The van der Waals surface area contributed by atoms with E-state index in [2.05, 4.69) is 20.0 Å². The summed E-state index contributed by atoms with van der Waals surface area (Å²) in [7, 11) is 1.30. The number of rotatable bonds is 4. The lowest BCUT2D eigenvalue weighted by molar-refractivity contribution is 0.0586. The first-order valence-electron chi connectivity index (χ1n) is 6.53. The first kappa shape index (κ1) is 13.7. The van der Waals surface area contributed by atoms with E-state index < -0.39 is 5.97 Å². The number of carbonyl (C=O) groups excluding carboxylic acids is 1. The van der Waals surface area contributed by atoms with Gasteiger partial charge in [0.2, 0.25) is 5.82 Å². The number of anilines is 1. The van der Waals surface area contributed by atoms with Crippen LogP contribution in [0.3, 0.4) is 0 Å². The number of hydrogen-bond donors (Lipinski definition) is 2. The fraction of sp³-hybridized carbons (Fsp3) is 0.615. The average Bonchev–Trinajstić information content (AvgIpc) is 2.47. The molecular formula is C13H19N3O3. The molecule has 0 aromatic carbocycles. The number of aromatic nitrogens is 2. The lowest BCUT2D eigenvalue weighted by atomic mass is 9.85. The summed E-state index contributed by atoms with van der Waals surface area (Å²) in [5, 5.41) is 12.7. The van der Waals surface area contributed by atoms with Gasteiger partial charge in [-0.1, -0.05) is 12.8 Å². The minimum atomic E-state index is -0.550. The second-order valence-corrected chi connectivity index (χ2v) is 4.74. The minimum absolute atomic E-state index is 0.0452. The third kappa shape index (κ3) is 3.41. The molecule has 1 aromatic heterocycles. The molecule has 2 rings (SSSR count). The second kappa shape index (κ2) is 6.47. The van der Waals surface area contributed by atoms with E-state index in [0.29, 0.717) is 5.82 Å². The first-order chi connectivity index (χ1) is 9.24. The largest absolute Gasteiger partial charge is 0.463 e. The molecule has 1 heterocycles. The van der Waals surface area contributed by atoms with Crippen LogP contribution in [0, 0.1) is 5.92 Å². The van der Waals surface area contributed by atoms with Gasteiger partial charge in [-0.25, -0.2) is 14.8 Å². The van der Waals surface area contributed by atoms with E-state index >= 15 is 0 Å². The summed E-state index contributed by atoms with van der Waals surface area (Å²) in [5.41, 5.74) is 0. The molecule has 6 heteroatoms. The highest BCUT2D eigenvalue weighted by Crippen LogP contribution is 2.26. The minimum Gasteiger partial charge on any atom is -0.463 e. The predicted molar refractivity (Wildman–Crippen MR) is 69.8 cm³/mol. The van der Waals surface area contributed by atoms with Crippen LogP contribution in [0.15, 0.2) is 12.3 Å². The zero-order chi connectivity index (χ0) is 13.7. The quantitative estimate of drug-likeness (QED) is 0.796. The highest BCUT2D eigenvalue weighted by molar-refractivity contribution is 5.85. The van der Waals surface area contributed by atoms with Crippen LogP contribution in [-0.2, 0) is 4.74 Å². The van der Waals surface area contributed by atoms with E-state index in [-0.39, 0.29) is 24.4 Å². The Morgan fingerprint density at radius 1 is 1.53 bits per heavy atom. The predicted octanol–water partition coefficient (Wildman–Crippen LogP) is 1.23. The third-order valence-electron chi connectivity index (χ3n) is 3.50. The molecule has 0 radical (unpaired) electrons. The first-order valence-corrected chi connectivity index (χ1v) is 6.53. The molecule has 0 aliphatic heterocycles. The van der Waals surface area contributed by atoms with Gasteiger partial charge < -0.3 is 15.2 Å². The van der Waals surface area contributed by atoms with Gasteiger partial charge in [0, 0.05) is 24.8 Å². The molecule has 1 aliphatic rings. The van der Waals surface area contributed by atoms with Crippen molar-refractivity contribution in [1.29, 1.82) is 0 Å². The Labute approximate surface area is 112 Å². The van der Waals surface area contributed by atoms with Crippen molar-refractivity contribution in [3.63, 3.8) is 0 Å². The number of ether oxygens (including phenoxy) is 1. The number of nitrogens with zero attached hydrogens (tertiary/aromatic N) is 2. The monoisotopic (exact) mass is 265 g/mol. The zero-order valence-corrected chi connectivity index (χ0v) is 11.0. The fourth-order valence-corrected chi connectivity index (χ4v) is 2.43. The Hall–Kier alpha value is -1.69. The van der Waals surface area contributed by atoms with Crippen molar-refractivity contribution < 1.29 is 14.6 Å². The van der Waals surface area contributed by atoms with Crippen LogP contribution in [0.4, 0.5) is 5.82 Å². The fourth-order valence-electron chi connectivity index (χ4n) is 2.43. The Balaban J connectivity index is 2.07. The molecule has 1 aliphatic carbocycles. The van der Waals surface area contributed by atoms with Crippen molar-refractivity contribution in [2.45, 2.75) is 31.7 Å². The van der Waals surface area contributed by atoms with Crippen molar-refractivity contribution in [2.75, 3.05) is 19.0 Å². The van der Waals surface area contributed by atoms with E-state index in [4.69, 9.17) is 0 Å². The van der Waals surface area contributed by atoms with Crippen molar-refractivity contribution in [1.82, 2.24) is 9.97 Å². The van der Waals surface area contributed by atoms with Gasteiger partial charge in [0.15, 0.2) is 0 Å². The number of nitrogens with one attached hydrogen (secondary N) is 1. The molecule has 2 atom stereocenters.